The van der Waals surface area contributed by atoms with Crippen LogP contribution >= 0.6 is 23.2 Å². The molecule has 6 heteroatoms. The molecule has 2 rings (SSSR count). The number of nitriles is 1. The lowest BCUT2D eigenvalue weighted by atomic mass is 10.1. The largest absolute Gasteiger partial charge is 0.348 e. The van der Waals surface area contributed by atoms with Crippen molar-refractivity contribution in [1.82, 2.24) is 10.2 Å². The number of likely N-dealkylation sites (N-methyl/N-ethyl adjacent to an activating group) is 1. The van der Waals surface area contributed by atoms with Crippen LogP contribution in [0.3, 0.4) is 0 Å². The topological polar surface area (TPSA) is 56.1 Å². The Morgan fingerprint density at radius 1 is 1.13 bits per heavy atom. The minimum atomic E-state index is 0.137. The number of nitrogens with one attached hydrogen (secondary N) is 1. The Morgan fingerprint density at radius 3 is 2.23 bits per heavy atom. The van der Waals surface area contributed by atoms with Gasteiger partial charge in [-0.3, -0.25) is 4.79 Å². The van der Waals surface area contributed by atoms with Crippen molar-refractivity contribution in [2.24, 2.45) is 5.92 Å². The van der Waals surface area contributed by atoms with Crippen LogP contribution in [0.1, 0.15) is 43.9 Å². The van der Waals surface area contributed by atoms with Crippen LogP contribution in [-0.2, 0) is 11.2 Å². The van der Waals surface area contributed by atoms with Crippen molar-refractivity contribution in [1.29, 1.82) is 5.26 Å². The number of aryl methyl sites for hydroxylation is 2. The summed E-state index contributed by atoms with van der Waals surface area (Å²) in [7, 11) is 3.54. The fourth-order valence-corrected chi connectivity index (χ4v) is 2.77. The molecule has 4 nitrogen and oxygen atoms in total. The van der Waals surface area contributed by atoms with Crippen LogP contribution in [0.15, 0.2) is 42.5 Å². The highest BCUT2D eigenvalue weighted by Gasteiger charge is 2.03. The second-order valence-corrected chi connectivity index (χ2v) is 8.29. The van der Waals surface area contributed by atoms with Gasteiger partial charge in [0.15, 0.2) is 0 Å². The van der Waals surface area contributed by atoms with E-state index in [0.717, 1.165) is 30.0 Å². The zero-order valence-corrected chi connectivity index (χ0v) is 21.0. The molecule has 0 saturated carbocycles. The van der Waals surface area contributed by atoms with Gasteiger partial charge in [0.25, 0.3) is 0 Å². The zero-order chi connectivity index (χ0) is 23.8. The van der Waals surface area contributed by atoms with Crippen molar-refractivity contribution in [2.45, 2.75) is 40.5 Å². The summed E-state index contributed by atoms with van der Waals surface area (Å²) in [6.45, 7) is 9.74. The van der Waals surface area contributed by atoms with Crippen molar-refractivity contribution >= 4 is 29.1 Å². The molecule has 0 bridgehead atoms. The normalized spacial score (nSPS) is 10.5. The van der Waals surface area contributed by atoms with Gasteiger partial charge < -0.3 is 10.2 Å². The molecule has 0 aliphatic carbocycles. The first-order valence-corrected chi connectivity index (χ1v) is 11.2. The molecule has 2 aromatic rings. The Hall–Kier alpha value is -2.06. The number of benzene rings is 2. The molecule has 1 N–H and O–H groups in total. The highest BCUT2D eigenvalue weighted by Crippen LogP contribution is 2.16. The van der Waals surface area contributed by atoms with Gasteiger partial charge in [-0.2, -0.15) is 5.26 Å². The van der Waals surface area contributed by atoms with Gasteiger partial charge in [0.2, 0.25) is 5.91 Å². The summed E-state index contributed by atoms with van der Waals surface area (Å²) in [5.41, 5.74) is 2.83. The first-order valence-electron chi connectivity index (χ1n) is 10.5. The monoisotopic (exact) mass is 463 g/mol. The molecule has 0 heterocycles. The summed E-state index contributed by atoms with van der Waals surface area (Å²) in [6, 6.07) is 15.3. The second-order valence-electron chi connectivity index (χ2n) is 7.47. The summed E-state index contributed by atoms with van der Waals surface area (Å²) in [6.07, 6.45) is 2.17. The number of rotatable bonds is 6. The molecule has 0 radical (unpaired) electrons. The highest BCUT2D eigenvalue weighted by atomic mass is 35.5. The van der Waals surface area contributed by atoms with E-state index in [1.807, 2.05) is 43.3 Å². The molecule has 0 aliphatic heterocycles. The number of hydrogen-bond acceptors (Lipinski definition) is 3. The summed E-state index contributed by atoms with van der Waals surface area (Å²) in [5, 5.41) is 13.0. The van der Waals surface area contributed by atoms with Gasteiger partial charge in [-0.15, -0.1) is 0 Å². The molecule has 0 aromatic heterocycles. The lowest BCUT2D eigenvalue weighted by Gasteiger charge is -2.13. The molecular weight excluding hydrogens is 429 g/mol. The van der Waals surface area contributed by atoms with E-state index in [1.165, 1.54) is 5.56 Å². The van der Waals surface area contributed by atoms with Crippen molar-refractivity contribution in [3.05, 3.63) is 69.2 Å². The number of amides is 1. The highest BCUT2D eigenvalue weighted by molar-refractivity contribution is 6.31. The SMILES string of the molecule is CCC(C)CNCC(=O)N(C)C.CCc1ccccc1Cl.Cc1ccc(C#N)c(Cl)c1. The van der Waals surface area contributed by atoms with Crippen LogP contribution in [0.25, 0.3) is 0 Å². The molecule has 1 atom stereocenters. The summed E-state index contributed by atoms with van der Waals surface area (Å²) in [5.74, 6) is 0.790. The Balaban J connectivity index is 0.000000439. The molecule has 0 aliphatic rings. The van der Waals surface area contributed by atoms with Crippen LogP contribution in [-0.4, -0.2) is 38.0 Å². The Bertz CT molecular complexity index is 832. The molecule has 0 fully saturated rings. The maximum Gasteiger partial charge on any atom is 0.236 e. The maximum absolute atomic E-state index is 11.1. The van der Waals surface area contributed by atoms with Crippen LogP contribution in [0.4, 0.5) is 0 Å². The van der Waals surface area contributed by atoms with Crippen LogP contribution in [0, 0.1) is 24.2 Å². The van der Waals surface area contributed by atoms with Crippen molar-refractivity contribution in [2.75, 3.05) is 27.2 Å². The van der Waals surface area contributed by atoms with E-state index in [4.69, 9.17) is 28.5 Å². The number of halogens is 2. The van der Waals surface area contributed by atoms with E-state index in [9.17, 15) is 4.79 Å². The third-order valence-electron chi connectivity index (χ3n) is 4.55. The van der Waals surface area contributed by atoms with E-state index in [-0.39, 0.29) is 5.91 Å². The van der Waals surface area contributed by atoms with Gasteiger partial charge in [0.1, 0.15) is 6.07 Å². The van der Waals surface area contributed by atoms with E-state index in [1.54, 1.807) is 31.1 Å². The van der Waals surface area contributed by atoms with Gasteiger partial charge in [0, 0.05) is 19.1 Å². The molecule has 1 unspecified atom stereocenters. The van der Waals surface area contributed by atoms with Gasteiger partial charge in [0.05, 0.1) is 17.1 Å². The lowest BCUT2D eigenvalue weighted by Crippen LogP contribution is -2.34. The smallest absolute Gasteiger partial charge is 0.236 e. The second kappa shape index (κ2) is 16.6. The molecule has 31 heavy (non-hydrogen) atoms. The minimum absolute atomic E-state index is 0.137. The number of nitrogens with zero attached hydrogens (tertiary/aromatic N) is 2. The predicted molar refractivity (Wildman–Crippen MR) is 133 cm³/mol. The number of hydrogen-bond donors (Lipinski definition) is 1. The average molecular weight is 464 g/mol. The van der Waals surface area contributed by atoms with E-state index in [2.05, 4.69) is 26.1 Å². The first kappa shape index (κ1) is 28.9. The maximum atomic E-state index is 11.1. The van der Waals surface area contributed by atoms with Gasteiger partial charge in [-0.05, 0) is 55.1 Å². The Morgan fingerprint density at radius 2 is 1.77 bits per heavy atom. The van der Waals surface area contributed by atoms with E-state index >= 15 is 0 Å². The Kier molecular flexibility index (Phi) is 15.5. The summed E-state index contributed by atoms with van der Waals surface area (Å²) >= 11 is 11.5. The van der Waals surface area contributed by atoms with Crippen molar-refractivity contribution in [3.63, 3.8) is 0 Å². The van der Waals surface area contributed by atoms with Crippen LogP contribution in [0.5, 0.6) is 0 Å². The standard InChI is InChI=1S/C9H20N2O.C8H6ClN.C8H9Cl/c1-5-8(2)6-10-7-9(12)11(3)4;1-6-2-3-7(5-10)8(9)4-6;1-2-7-5-3-4-6-8(7)9/h8,10H,5-7H2,1-4H3;2-4H,1H3;3-6H,2H2,1H3. The van der Waals surface area contributed by atoms with Crippen LogP contribution < -0.4 is 5.32 Å². The first-order chi connectivity index (χ1) is 14.7. The van der Waals surface area contributed by atoms with Crippen molar-refractivity contribution in [3.8, 4) is 6.07 Å². The third kappa shape index (κ3) is 13.1. The number of carbonyl (C=O) groups is 1. The molecule has 2 aromatic carbocycles. The third-order valence-corrected chi connectivity index (χ3v) is 5.23. The van der Waals surface area contributed by atoms with Crippen molar-refractivity contribution < 1.29 is 4.79 Å². The molecule has 0 spiro atoms. The Labute approximate surface area is 198 Å². The summed E-state index contributed by atoms with van der Waals surface area (Å²) < 4.78 is 0. The van der Waals surface area contributed by atoms with Crippen LogP contribution in [0.2, 0.25) is 10.0 Å². The van der Waals surface area contributed by atoms with E-state index < -0.39 is 0 Å². The lowest BCUT2D eigenvalue weighted by molar-refractivity contribution is -0.127. The minimum Gasteiger partial charge on any atom is -0.348 e. The molecule has 1 amide bonds. The average Bonchev–Trinajstić information content (AvgIpc) is 2.74. The summed E-state index contributed by atoms with van der Waals surface area (Å²) in [4.78, 5) is 12.7. The van der Waals surface area contributed by atoms with Gasteiger partial charge >= 0.3 is 0 Å². The molecule has 170 valence electrons. The molecule has 0 saturated heterocycles. The van der Waals surface area contributed by atoms with Gasteiger partial charge in [-0.1, -0.05) is 74.7 Å². The quantitative estimate of drug-likeness (QED) is 0.559. The van der Waals surface area contributed by atoms with Gasteiger partial charge in [-0.25, -0.2) is 0 Å². The molecular formula is C25H35Cl2N3O. The predicted octanol–water partition coefficient (Wildman–Crippen LogP) is 6.13. The zero-order valence-electron chi connectivity index (χ0n) is 19.5. The number of carbonyl (C=O) groups excluding carboxylic acids is 1. The fraction of sp³-hybridized carbons (Fsp3) is 0.440. The fourth-order valence-electron chi connectivity index (χ4n) is 2.22. The van der Waals surface area contributed by atoms with E-state index in [0.29, 0.717) is 23.0 Å².